The predicted octanol–water partition coefficient (Wildman–Crippen LogP) is 1.07. The van der Waals surface area contributed by atoms with Crippen molar-refractivity contribution in [2.45, 2.75) is 13.5 Å². The number of rotatable bonds is 3. The molecular weight excluding hydrogens is 256 g/mol. The third-order valence-electron chi connectivity index (χ3n) is 2.32. The van der Waals surface area contributed by atoms with Crippen LogP contribution in [0.15, 0.2) is 23.1 Å². The van der Waals surface area contributed by atoms with Crippen LogP contribution in [0.2, 0.25) is 0 Å². The number of aromatic hydroxyl groups is 1. The van der Waals surface area contributed by atoms with Crippen molar-refractivity contribution in [3.8, 4) is 5.75 Å². The maximum absolute atomic E-state index is 11.7. The fraction of sp³-hybridized carbons (Fsp3) is 0.182. The van der Waals surface area contributed by atoms with E-state index >= 15 is 0 Å². The third kappa shape index (κ3) is 2.40. The highest BCUT2D eigenvalue weighted by Crippen LogP contribution is 2.15. The summed E-state index contributed by atoms with van der Waals surface area (Å²) in [7, 11) is 0. The molecule has 18 heavy (non-hydrogen) atoms. The minimum atomic E-state index is -1.26. The molecule has 0 aromatic carbocycles. The van der Waals surface area contributed by atoms with Gasteiger partial charge in [-0.05, 0) is 6.92 Å². The SMILES string of the molecule is Cc1ncc(Cn2c(C(=O)O)cc(O)cc2=O)s1. The van der Waals surface area contributed by atoms with Crippen LogP contribution in [-0.2, 0) is 6.54 Å². The van der Waals surface area contributed by atoms with Crippen molar-refractivity contribution in [1.29, 1.82) is 0 Å². The molecule has 0 aliphatic carbocycles. The number of aromatic nitrogens is 2. The fourth-order valence-corrected chi connectivity index (χ4v) is 2.34. The molecule has 0 aliphatic heterocycles. The summed E-state index contributed by atoms with van der Waals surface area (Å²) in [4.78, 5) is 27.6. The van der Waals surface area contributed by atoms with E-state index in [1.54, 1.807) is 6.20 Å². The Morgan fingerprint density at radius 3 is 2.78 bits per heavy atom. The van der Waals surface area contributed by atoms with Crippen molar-refractivity contribution >= 4 is 17.3 Å². The Balaban J connectivity index is 2.49. The van der Waals surface area contributed by atoms with Gasteiger partial charge in [0.05, 0.1) is 11.6 Å². The normalized spacial score (nSPS) is 10.5. The van der Waals surface area contributed by atoms with E-state index in [9.17, 15) is 14.7 Å². The van der Waals surface area contributed by atoms with Crippen molar-refractivity contribution < 1.29 is 15.0 Å². The van der Waals surface area contributed by atoms with Crippen molar-refractivity contribution in [2.24, 2.45) is 0 Å². The molecule has 2 N–H and O–H groups in total. The smallest absolute Gasteiger partial charge is 0.352 e. The summed E-state index contributed by atoms with van der Waals surface area (Å²) in [5.41, 5.74) is -0.801. The van der Waals surface area contributed by atoms with Crippen LogP contribution in [-0.4, -0.2) is 25.7 Å². The van der Waals surface area contributed by atoms with Gasteiger partial charge in [0.15, 0.2) is 0 Å². The number of aromatic carboxylic acids is 1. The first kappa shape index (κ1) is 12.3. The Labute approximate surface area is 106 Å². The highest BCUT2D eigenvalue weighted by Gasteiger charge is 2.14. The Hall–Kier alpha value is -2.15. The van der Waals surface area contributed by atoms with Gasteiger partial charge in [-0.1, -0.05) is 0 Å². The number of hydrogen-bond donors (Lipinski definition) is 2. The highest BCUT2D eigenvalue weighted by atomic mass is 32.1. The van der Waals surface area contributed by atoms with Crippen LogP contribution in [0.3, 0.4) is 0 Å². The van der Waals surface area contributed by atoms with Crippen LogP contribution in [0.4, 0.5) is 0 Å². The van der Waals surface area contributed by atoms with E-state index in [2.05, 4.69) is 4.98 Å². The zero-order valence-corrected chi connectivity index (χ0v) is 10.3. The van der Waals surface area contributed by atoms with Gasteiger partial charge in [0.2, 0.25) is 0 Å². The number of hydrogen-bond acceptors (Lipinski definition) is 5. The molecule has 0 unspecified atom stereocenters. The van der Waals surface area contributed by atoms with Crippen LogP contribution < -0.4 is 5.56 Å². The molecule has 94 valence electrons. The number of carboxylic acid groups (broad SMARTS) is 1. The molecule has 0 spiro atoms. The quantitative estimate of drug-likeness (QED) is 0.866. The van der Waals surface area contributed by atoms with Gasteiger partial charge in [-0.3, -0.25) is 9.36 Å². The van der Waals surface area contributed by atoms with Crippen LogP contribution in [0.1, 0.15) is 20.4 Å². The molecule has 2 rings (SSSR count). The topological polar surface area (TPSA) is 92.4 Å². The Morgan fingerprint density at radius 2 is 2.22 bits per heavy atom. The minimum Gasteiger partial charge on any atom is -0.508 e. The molecule has 0 saturated heterocycles. The lowest BCUT2D eigenvalue weighted by Crippen LogP contribution is -2.25. The lowest BCUT2D eigenvalue weighted by molar-refractivity contribution is 0.0683. The van der Waals surface area contributed by atoms with Gasteiger partial charge in [-0.2, -0.15) is 0 Å². The first-order valence-corrected chi connectivity index (χ1v) is 5.87. The first-order valence-electron chi connectivity index (χ1n) is 5.06. The van der Waals surface area contributed by atoms with Gasteiger partial charge in [-0.15, -0.1) is 11.3 Å². The summed E-state index contributed by atoms with van der Waals surface area (Å²) in [6.07, 6.45) is 1.60. The average Bonchev–Trinajstić information content (AvgIpc) is 2.67. The molecule has 0 bridgehead atoms. The summed E-state index contributed by atoms with van der Waals surface area (Å²) in [5, 5.41) is 19.1. The summed E-state index contributed by atoms with van der Waals surface area (Å²) < 4.78 is 1.09. The lowest BCUT2D eigenvalue weighted by atomic mass is 10.3. The van der Waals surface area contributed by atoms with Crippen molar-refractivity contribution in [3.63, 3.8) is 0 Å². The molecule has 7 heteroatoms. The second-order valence-corrected chi connectivity index (χ2v) is 4.99. The summed E-state index contributed by atoms with van der Waals surface area (Å²) in [5.74, 6) is -1.61. The zero-order valence-electron chi connectivity index (χ0n) is 9.45. The number of aryl methyl sites for hydroxylation is 1. The second kappa shape index (κ2) is 4.61. The van der Waals surface area contributed by atoms with Gasteiger partial charge in [-0.25, -0.2) is 9.78 Å². The Bertz CT molecular complexity index is 659. The summed E-state index contributed by atoms with van der Waals surface area (Å²) in [6, 6.07) is 2.04. The van der Waals surface area contributed by atoms with E-state index in [4.69, 9.17) is 5.11 Å². The molecule has 0 atom stereocenters. The Morgan fingerprint density at radius 1 is 1.50 bits per heavy atom. The number of pyridine rings is 1. The number of thiazole rings is 1. The van der Waals surface area contributed by atoms with E-state index in [1.807, 2.05) is 6.92 Å². The molecule has 6 nitrogen and oxygen atoms in total. The second-order valence-electron chi connectivity index (χ2n) is 3.67. The molecule has 2 aromatic rings. The molecule has 0 fully saturated rings. The van der Waals surface area contributed by atoms with Crippen LogP contribution in [0.25, 0.3) is 0 Å². The number of carbonyl (C=O) groups is 1. The minimum absolute atomic E-state index is 0.131. The summed E-state index contributed by atoms with van der Waals surface area (Å²) in [6.45, 7) is 1.96. The standard InChI is InChI=1S/C11H10N2O4S/c1-6-12-4-8(18-6)5-13-9(11(16)17)2-7(14)3-10(13)15/h2-4,14H,5H2,1H3,(H,16,17). The van der Waals surface area contributed by atoms with Crippen LogP contribution in [0, 0.1) is 6.92 Å². The molecule has 0 radical (unpaired) electrons. The van der Waals surface area contributed by atoms with Crippen molar-refractivity contribution in [1.82, 2.24) is 9.55 Å². The van der Waals surface area contributed by atoms with Gasteiger partial charge in [0.1, 0.15) is 11.4 Å². The van der Waals surface area contributed by atoms with Crippen LogP contribution in [0.5, 0.6) is 5.75 Å². The zero-order chi connectivity index (χ0) is 13.3. The lowest BCUT2D eigenvalue weighted by Gasteiger charge is -2.08. The maximum Gasteiger partial charge on any atom is 0.352 e. The molecule has 2 aromatic heterocycles. The first-order chi connectivity index (χ1) is 8.47. The largest absolute Gasteiger partial charge is 0.508 e. The van der Waals surface area contributed by atoms with Crippen molar-refractivity contribution in [2.75, 3.05) is 0 Å². The van der Waals surface area contributed by atoms with Gasteiger partial charge in [0.25, 0.3) is 5.56 Å². The van der Waals surface area contributed by atoms with Gasteiger partial charge in [0, 0.05) is 23.2 Å². The van der Waals surface area contributed by atoms with E-state index in [0.29, 0.717) is 0 Å². The number of carboxylic acids is 1. The summed E-state index contributed by atoms with van der Waals surface area (Å²) >= 11 is 1.39. The number of nitrogens with zero attached hydrogens (tertiary/aromatic N) is 2. The third-order valence-corrected chi connectivity index (χ3v) is 3.21. The van der Waals surface area contributed by atoms with Crippen molar-refractivity contribution in [3.05, 3.63) is 44.3 Å². The van der Waals surface area contributed by atoms with Gasteiger partial charge >= 0.3 is 5.97 Å². The molecule has 0 saturated carbocycles. The monoisotopic (exact) mass is 266 g/mol. The van der Waals surface area contributed by atoms with E-state index in [-0.39, 0.29) is 18.0 Å². The maximum atomic E-state index is 11.7. The molecule has 0 amide bonds. The van der Waals surface area contributed by atoms with Gasteiger partial charge < -0.3 is 10.2 Å². The predicted molar refractivity (Wildman–Crippen MR) is 65.3 cm³/mol. The van der Waals surface area contributed by atoms with Crippen LogP contribution >= 0.6 is 11.3 Å². The Kier molecular flexibility index (Phi) is 3.15. The molecule has 0 aliphatic rings. The molecular formula is C11H10N2O4S. The van der Waals surface area contributed by atoms with E-state index < -0.39 is 11.5 Å². The highest BCUT2D eigenvalue weighted by molar-refractivity contribution is 7.11. The van der Waals surface area contributed by atoms with E-state index in [0.717, 1.165) is 26.6 Å². The fourth-order valence-electron chi connectivity index (χ4n) is 1.56. The molecule has 2 heterocycles. The average molecular weight is 266 g/mol. The van der Waals surface area contributed by atoms with E-state index in [1.165, 1.54) is 11.3 Å².